The second-order valence-corrected chi connectivity index (χ2v) is 7.07. The molecule has 7 nitrogen and oxygen atoms in total. The van der Waals surface area contributed by atoms with Gasteiger partial charge in [0, 0.05) is 12.0 Å². The highest BCUT2D eigenvalue weighted by atomic mass is 16.5. The number of hydrogen-bond donors (Lipinski definition) is 4. The Morgan fingerprint density at radius 3 is 2.14 bits per heavy atom. The average molecular weight is 398 g/mol. The highest BCUT2D eigenvalue weighted by Crippen LogP contribution is 2.28. The molecule has 0 amide bonds. The van der Waals surface area contributed by atoms with Crippen LogP contribution in [0.2, 0.25) is 0 Å². The van der Waals surface area contributed by atoms with E-state index in [0.717, 1.165) is 17.7 Å². The summed E-state index contributed by atoms with van der Waals surface area (Å²) in [6, 6.07) is 14.5. The summed E-state index contributed by atoms with van der Waals surface area (Å²) in [7, 11) is 0. The molecule has 1 atom stereocenters. The maximum Gasteiger partial charge on any atom is 0.194 e. The molecule has 1 heterocycles. The topological polar surface area (TPSA) is 122 Å². The SMILES string of the molecule is CCc1nc(-c2ccc(Oc3ccc(C(O)CC(N)(CO)CO)cc3)cc2)co1. The fraction of sp³-hybridized carbons (Fsp3) is 0.318. The van der Waals surface area contributed by atoms with Crippen molar-refractivity contribution in [1.29, 1.82) is 0 Å². The molecule has 0 radical (unpaired) electrons. The second-order valence-electron chi connectivity index (χ2n) is 7.07. The lowest BCUT2D eigenvalue weighted by molar-refractivity contribution is 0.0618. The first-order valence-electron chi connectivity index (χ1n) is 9.47. The molecule has 0 aliphatic rings. The fourth-order valence-electron chi connectivity index (χ4n) is 2.88. The van der Waals surface area contributed by atoms with Crippen LogP contribution in [0.15, 0.2) is 59.2 Å². The van der Waals surface area contributed by atoms with Gasteiger partial charge in [0.15, 0.2) is 5.89 Å². The Morgan fingerprint density at radius 2 is 1.62 bits per heavy atom. The number of aliphatic hydroxyl groups excluding tert-OH is 3. The van der Waals surface area contributed by atoms with Crippen LogP contribution in [0.3, 0.4) is 0 Å². The van der Waals surface area contributed by atoms with Gasteiger partial charge >= 0.3 is 0 Å². The molecule has 7 heteroatoms. The van der Waals surface area contributed by atoms with E-state index in [-0.39, 0.29) is 6.42 Å². The summed E-state index contributed by atoms with van der Waals surface area (Å²) in [4.78, 5) is 4.40. The Bertz CT molecular complexity index is 902. The van der Waals surface area contributed by atoms with Crippen molar-refractivity contribution in [2.75, 3.05) is 13.2 Å². The molecule has 3 aromatic rings. The smallest absolute Gasteiger partial charge is 0.194 e. The van der Waals surface area contributed by atoms with Crippen LogP contribution >= 0.6 is 0 Å². The van der Waals surface area contributed by atoms with Crippen LogP contribution in [0, 0.1) is 0 Å². The van der Waals surface area contributed by atoms with Crippen LogP contribution in [0.25, 0.3) is 11.3 Å². The van der Waals surface area contributed by atoms with Crippen molar-refractivity contribution in [3.63, 3.8) is 0 Å². The maximum atomic E-state index is 10.3. The molecule has 0 saturated carbocycles. The highest BCUT2D eigenvalue weighted by Gasteiger charge is 2.27. The molecule has 2 aromatic carbocycles. The number of hydrogen-bond acceptors (Lipinski definition) is 7. The van der Waals surface area contributed by atoms with Gasteiger partial charge in [-0.15, -0.1) is 0 Å². The minimum absolute atomic E-state index is 0.0451. The zero-order valence-corrected chi connectivity index (χ0v) is 16.3. The summed E-state index contributed by atoms with van der Waals surface area (Å²) in [5.74, 6) is 1.99. The first kappa shape index (κ1) is 21.0. The van der Waals surface area contributed by atoms with Gasteiger partial charge in [-0.2, -0.15) is 0 Å². The van der Waals surface area contributed by atoms with Crippen molar-refractivity contribution < 1.29 is 24.5 Å². The normalized spacial score (nSPS) is 12.7. The van der Waals surface area contributed by atoms with Crippen molar-refractivity contribution >= 4 is 0 Å². The number of nitrogens with zero attached hydrogens (tertiary/aromatic N) is 1. The van der Waals surface area contributed by atoms with E-state index in [0.29, 0.717) is 23.0 Å². The molecule has 0 aliphatic carbocycles. The molecule has 0 fully saturated rings. The maximum absolute atomic E-state index is 10.3. The van der Waals surface area contributed by atoms with Gasteiger partial charge in [0.2, 0.25) is 0 Å². The first-order valence-corrected chi connectivity index (χ1v) is 9.47. The predicted octanol–water partition coefficient (Wildman–Crippen LogP) is 2.80. The lowest BCUT2D eigenvalue weighted by Crippen LogP contribution is -2.48. The van der Waals surface area contributed by atoms with Crippen molar-refractivity contribution in [2.45, 2.75) is 31.4 Å². The Morgan fingerprint density at radius 1 is 1.03 bits per heavy atom. The lowest BCUT2D eigenvalue weighted by atomic mass is 9.92. The number of benzene rings is 2. The van der Waals surface area contributed by atoms with E-state index in [1.165, 1.54) is 0 Å². The van der Waals surface area contributed by atoms with Gasteiger partial charge in [0.25, 0.3) is 0 Å². The van der Waals surface area contributed by atoms with Crippen molar-refractivity contribution in [2.24, 2.45) is 5.73 Å². The third-order valence-electron chi connectivity index (χ3n) is 4.73. The van der Waals surface area contributed by atoms with E-state index in [1.807, 2.05) is 31.2 Å². The van der Waals surface area contributed by atoms with Gasteiger partial charge in [-0.05, 0) is 48.4 Å². The zero-order valence-electron chi connectivity index (χ0n) is 16.3. The molecule has 0 bridgehead atoms. The average Bonchev–Trinajstić information content (AvgIpc) is 3.24. The molecule has 0 aliphatic heterocycles. The zero-order chi connectivity index (χ0) is 20.9. The summed E-state index contributed by atoms with van der Waals surface area (Å²) in [6.07, 6.45) is 1.53. The third kappa shape index (κ3) is 5.21. The van der Waals surface area contributed by atoms with E-state index in [9.17, 15) is 15.3 Å². The van der Waals surface area contributed by atoms with E-state index >= 15 is 0 Å². The molecular weight excluding hydrogens is 372 g/mol. The van der Waals surface area contributed by atoms with E-state index in [2.05, 4.69) is 4.98 Å². The Labute approximate surface area is 169 Å². The second kappa shape index (κ2) is 9.19. The van der Waals surface area contributed by atoms with E-state index < -0.39 is 24.9 Å². The summed E-state index contributed by atoms with van der Waals surface area (Å²) in [5.41, 5.74) is 6.97. The lowest BCUT2D eigenvalue weighted by Gasteiger charge is -2.27. The van der Waals surface area contributed by atoms with Gasteiger partial charge in [-0.1, -0.05) is 19.1 Å². The fourth-order valence-corrected chi connectivity index (χ4v) is 2.88. The van der Waals surface area contributed by atoms with Crippen LogP contribution in [-0.2, 0) is 6.42 Å². The Hall–Kier alpha value is -2.71. The van der Waals surface area contributed by atoms with Crippen LogP contribution in [0.1, 0.15) is 30.9 Å². The number of rotatable bonds is 9. The molecule has 3 rings (SSSR count). The monoisotopic (exact) mass is 398 g/mol. The van der Waals surface area contributed by atoms with Gasteiger partial charge in [0.1, 0.15) is 23.5 Å². The number of oxazole rings is 1. The number of nitrogens with two attached hydrogens (primary N) is 1. The minimum atomic E-state index is -1.22. The molecule has 1 unspecified atom stereocenters. The largest absolute Gasteiger partial charge is 0.457 e. The van der Waals surface area contributed by atoms with Gasteiger partial charge < -0.3 is 30.2 Å². The van der Waals surface area contributed by atoms with E-state index in [4.69, 9.17) is 14.9 Å². The molecular formula is C22H26N2O5. The number of aryl methyl sites for hydroxylation is 1. The van der Waals surface area contributed by atoms with Crippen molar-refractivity contribution in [3.8, 4) is 22.8 Å². The minimum Gasteiger partial charge on any atom is -0.457 e. The van der Waals surface area contributed by atoms with Crippen LogP contribution < -0.4 is 10.5 Å². The Balaban J connectivity index is 1.63. The molecule has 0 saturated heterocycles. The van der Waals surface area contributed by atoms with Crippen molar-refractivity contribution in [1.82, 2.24) is 4.98 Å². The van der Waals surface area contributed by atoms with Crippen molar-refractivity contribution in [3.05, 3.63) is 66.2 Å². The molecule has 5 N–H and O–H groups in total. The standard InChI is InChI=1S/C22H26N2O5/c1-2-21-24-19(12-28-21)15-3-7-17(8-4-15)29-18-9-5-16(6-10-18)20(27)11-22(23,13-25)14-26/h3-10,12,20,25-27H,2,11,13-14,23H2,1H3. The molecule has 0 spiro atoms. The summed E-state index contributed by atoms with van der Waals surface area (Å²) in [6.45, 7) is 1.17. The Kier molecular flexibility index (Phi) is 6.66. The van der Waals surface area contributed by atoms with E-state index in [1.54, 1.807) is 30.5 Å². The van der Waals surface area contributed by atoms with Crippen LogP contribution in [0.5, 0.6) is 11.5 Å². The molecule has 29 heavy (non-hydrogen) atoms. The highest BCUT2D eigenvalue weighted by molar-refractivity contribution is 5.59. The quantitative estimate of drug-likeness (QED) is 0.437. The van der Waals surface area contributed by atoms with Crippen LogP contribution in [0.4, 0.5) is 0 Å². The molecule has 1 aromatic heterocycles. The third-order valence-corrected chi connectivity index (χ3v) is 4.73. The van der Waals surface area contributed by atoms with Gasteiger partial charge in [0.05, 0.1) is 24.9 Å². The number of ether oxygens (including phenoxy) is 1. The summed E-state index contributed by atoms with van der Waals surface area (Å²) < 4.78 is 11.2. The summed E-state index contributed by atoms with van der Waals surface area (Å²) >= 11 is 0. The molecule has 154 valence electrons. The van der Waals surface area contributed by atoms with Gasteiger partial charge in [-0.3, -0.25) is 0 Å². The first-order chi connectivity index (χ1) is 14.0. The number of aliphatic hydroxyl groups is 3. The number of aromatic nitrogens is 1. The van der Waals surface area contributed by atoms with Crippen LogP contribution in [-0.4, -0.2) is 39.1 Å². The van der Waals surface area contributed by atoms with Gasteiger partial charge in [-0.25, -0.2) is 4.98 Å². The predicted molar refractivity (Wildman–Crippen MR) is 108 cm³/mol. The summed E-state index contributed by atoms with van der Waals surface area (Å²) in [5, 5.41) is 28.8.